The minimum atomic E-state index is -3.64. The van der Waals surface area contributed by atoms with Crippen LogP contribution in [0.15, 0.2) is 23.1 Å². The van der Waals surface area contributed by atoms with Gasteiger partial charge in [0, 0.05) is 18.7 Å². The van der Waals surface area contributed by atoms with Gasteiger partial charge >= 0.3 is 0 Å². The molecule has 1 N–H and O–H groups in total. The lowest BCUT2D eigenvalue weighted by Crippen LogP contribution is -2.33. The highest BCUT2D eigenvalue weighted by Crippen LogP contribution is 2.20. The normalized spacial score (nSPS) is 12.0. The first kappa shape index (κ1) is 18.1. The maximum absolute atomic E-state index is 13.4. The zero-order valence-corrected chi connectivity index (χ0v) is 13.5. The first-order chi connectivity index (χ1) is 9.97. The molecule has 1 aromatic carbocycles. The maximum atomic E-state index is 13.4. The van der Waals surface area contributed by atoms with Crippen LogP contribution in [0.2, 0.25) is 0 Å². The van der Waals surface area contributed by atoms with Gasteiger partial charge in [0.2, 0.25) is 10.0 Å². The SMILES string of the molecule is CCCCN(CCCC)S(=O)(=O)c1ccc(F)c(CO)c1. The quantitative estimate of drug-likeness (QED) is 0.762. The van der Waals surface area contributed by atoms with Crippen LogP contribution in [0.1, 0.15) is 45.1 Å². The molecule has 0 fully saturated rings. The van der Waals surface area contributed by atoms with Gasteiger partial charge in [0.05, 0.1) is 11.5 Å². The summed E-state index contributed by atoms with van der Waals surface area (Å²) in [6.07, 6.45) is 3.39. The van der Waals surface area contributed by atoms with E-state index in [2.05, 4.69) is 0 Å². The van der Waals surface area contributed by atoms with Crippen molar-refractivity contribution in [2.45, 2.75) is 51.0 Å². The summed E-state index contributed by atoms with van der Waals surface area (Å²) in [5, 5.41) is 9.08. The Bertz CT molecular complexity index is 538. The molecule has 4 nitrogen and oxygen atoms in total. The van der Waals surface area contributed by atoms with E-state index in [1.165, 1.54) is 16.4 Å². The van der Waals surface area contributed by atoms with Gasteiger partial charge in [-0.05, 0) is 31.0 Å². The molecule has 0 saturated carbocycles. The first-order valence-corrected chi connectivity index (χ1v) is 8.80. The summed E-state index contributed by atoms with van der Waals surface area (Å²) in [7, 11) is -3.64. The van der Waals surface area contributed by atoms with Crippen LogP contribution >= 0.6 is 0 Å². The van der Waals surface area contributed by atoms with Gasteiger partial charge in [-0.3, -0.25) is 0 Å². The van der Waals surface area contributed by atoms with E-state index in [4.69, 9.17) is 5.11 Å². The molecule has 0 spiro atoms. The number of unbranched alkanes of at least 4 members (excludes halogenated alkanes) is 2. The van der Waals surface area contributed by atoms with E-state index in [0.717, 1.165) is 31.7 Å². The molecule has 6 heteroatoms. The van der Waals surface area contributed by atoms with Crippen LogP contribution in [0, 0.1) is 5.82 Å². The number of halogens is 1. The predicted molar refractivity (Wildman–Crippen MR) is 80.9 cm³/mol. The average Bonchev–Trinajstić information content (AvgIpc) is 2.47. The Morgan fingerprint density at radius 1 is 1.14 bits per heavy atom. The number of hydrogen-bond acceptors (Lipinski definition) is 3. The van der Waals surface area contributed by atoms with E-state index < -0.39 is 22.4 Å². The lowest BCUT2D eigenvalue weighted by molar-refractivity contribution is 0.275. The first-order valence-electron chi connectivity index (χ1n) is 7.36. The second-order valence-corrected chi connectivity index (χ2v) is 6.96. The van der Waals surface area contributed by atoms with Crippen LogP contribution in [0.25, 0.3) is 0 Å². The highest BCUT2D eigenvalue weighted by Gasteiger charge is 2.24. The predicted octanol–water partition coefficient (Wildman–Crippen LogP) is 2.91. The number of rotatable bonds is 9. The summed E-state index contributed by atoms with van der Waals surface area (Å²) in [6, 6.07) is 3.57. The van der Waals surface area contributed by atoms with Crippen LogP contribution in [-0.4, -0.2) is 30.9 Å². The van der Waals surface area contributed by atoms with Crippen molar-refractivity contribution in [3.05, 3.63) is 29.6 Å². The monoisotopic (exact) mass is 317 g/mol. The summed E-state index contributed by atoms with van der Waals surface area (Å²) in [4.78, 5) is 0.0418. The Labute approximate surface area is 126 Å². The molecule has 0 atom stereocenters. The van der Waals surface area contributed by atoms with Crippen LogP contribution in [-0.2, 0) is 16.6 Å². The number of nitrogens with zero attached hydrogens (tertiary/aromatic N) is 1. The van der Waals surface area contributed by atoms with Crippen molar-refractivity contribution in [2.75, 3.05) is 13.1 Å². The highest BCUT2D eigenvalue weighted by atomic mass is 32.2. The molecule has 0 aliphatic heterocycles. The maximum Gasteiger partial charge on any atom is 0.243 e. The molecule has 120 valence electrons. The number of aliphatic hydroxyl groups is 1. The molecular weight excluding hydrogens is 293 g/mol. The summed E-state index contributed by atoms with van der Waals surface area (Å²) in [6.45, 7) is 4.42. The molecule has 0 unspecified atom stereocenters. The van der Waals surface area contributed by atoms with Crippen molar-refractivity contribution in [1.29, 1.82) is 0 Å². The molecule has 21 heavy (non-hydrogen) atoms. The van der Waals surface area contributed by atoms with E-state index in [9.17, 15) is 12.8 Å². The molecule has 0 radical (unpaired) electrons. The molecule has 0 bridgehead atoms. The van der Waals surface area contributed by atoms with Gasteiger partial charge in [-0.1, -0.05) is 26.7 Å². The van der Waals surface area contributed by atoms with Gasteiger partial charge < -0.3 is 5.11 Å². The minimum Gasteiger partial charge on any atom is -0.392 e. The lowest BCUT2D eigenvalue weighted by Gasteiger charge is -2.22. The third-order valence-corrected chi connectivity index (χ3v) is 5.24. The van der Waals surface area contributed by atoms with Crippen molar-refractivity contribution >= 4 is 10.0 Å². The Balaban J connectivity index is 3.08. The Kier molecular flexibility index (Phi) is 7.28. The van der Waals surface area contributed by atoms with Crippen LogP contribution in [0.4, 0.5) is 4.39 Å². The molecule has 1 aromatic rings. The molecule has 0 aliphatic rings. The number of hydrogen-bond donors (Lipinski definition) is 1. The summed E-state index contributed by atoms with van der Waals surface area (Å²) < 4.78 is 40.1. The molecule has 1 rings (SSSR count). The Hall–Kier alpha value is -0.980. The smallest absolute Gasteiger partial charge is 0.243 e. The summed E-state index contributed by atoms with van der Waals surface area (Å²) in [5.41, 5.74) is 0.00186. The van der Waals surface area contributed by atoms with E-state index >= 15 is 0 Å². The second kappa shape index (κ2) is 8.46. The molecule has 0 aromatic heterocycles. The average molecular weight is 317 g/mol. The minimum absolute atomic E-state index is 0.00186. The Morgan fingerprint density at radius 3 is 2.19 bits per heavy atom. The second-order valence-electron chi connectivity index (χ2n) is 5.02. The number of sulfonamides is 1. The van der Waals surface area contributed by atoms with E-state index in [1.807, 2.05) is 13.8 Å². The third kappa shape index (κ3) is 4.76. The summed E-state index contributed by atoms with van der Waals surface area (Å²) in [5.74, 6) is -0.592. The van der Waals surface area contributed by atoms with Crippen molar-refractivity contribution in [1.82, 2.24) is 4.31 Å². The molecule has 0 amide bonds. The largest absolute Gasteiger partial charge is 0.392 e. The van der Waals surface area contributed by atoms with Gasteiger partial charge in [0.25, 0.3) is 0 Å². The van der Waals surface area contributed by atoms with Crippen LogP contribution < -0.4 is 0 Å². The van der Waals surface area contributed by atoms with Crippen molar-refractivity contribution in [3.63, 3.8) is 0 Å². The standard InChI is InChI=1S/C15H24FNO3S/c1-3-5-9-17(10-6-4-2)21(19,20)14-7-8-15(16)13(11-14)12-18/h7-8,11,18H,3-6,9-10,12H2,1-2H3. The fourth-order valence-electron chi connectivity index (χ4n) is 2.00. The fraction of sp³-hybridized carbons (Fsp3) is 0.600. The molecule has 0 saturated heterocycles. The zero-order chi connectivity index (χ0) is 15.9. The Morgan fingerprint density at radius 2 is 1.71 bits per heavy atom. The van der Waals surface area contributed by atoms with Gasteiger partial charge in [-0.2, -0.15) is 4.31 Å². The van der Waals surface area contributed by atoms with E-state index in [1.54, 1.807) is 0 Å². The zero-order valence-electron chi connectivity index (χ0n) is 12.7. The summed E-state index contributed by atoms with van der Waals surface area (Å²) >= 11 is 0. The van der Waals surface area contributed by atoms with Gasteiger partial charge in [-0.15, -0.1) is 0 Å². The van der Waals surface area contributed by atoms with E-state index in [0.29, 0.717) is 13.1 Å². The van der Waals surface area contributed by atoms with Gasteiger partial charge in [0.15, 0.2) is 0 Å². The lowest BCUT2D eigenvalue weighted by atomic mass is 10.2. The topological polar surface area (TPSA) is 57.6 Å². The van der Waals surface area contributed by atoms with Gasteiger partial charge in [-0.25, -0.2) is 12.8 Å². The molecule has 0 aliphatic carbocycles. The van der Waals surface area contributed by atoms with Gasteiger partial charge in [0.1, 0.15) is 5.82 Å². The number of benzene rings is 1. The fourth-order valence-corrected chi connectivity index (χ4v) is 3.57. The van der Waals surface area contributed by atoms with Crippen LogP contribution in [0.5, 0.6) is 0 Å². The van der Waals surface area contributed by atoms with Crippen LogP contribution in [0.3, 0.4) is 0 Å². The number of aliphatic hydroxyl groups excluding tert-OH is 1. The third-order valence-electron chi connectivity index (χ3n) is 3.35. The van der Waals surface area contributed by atoms with Crippen molar-refractivity contribution < 1.29 is 17.9 Å². The molecular formula is C15H24FNO3S. The molecule has 0 heterocycles. The highest BCUT2D eigenvalue weighted by molar-refractivity contribution is 7.89. The van der Waals surface area contributed by atoms with Crippen molar-refractivity contribution in [3.8, 4) is 0 Å². The van der Waals surface area contributed by atoms with Crippen molar-refractivity contribution in [2.24, 2.45) is 0 Å². The van der Waals surface area contributed by atoms with E-state index in [-0.39, 0.29) is 10.5 Å².